The average molecular weight is 774 g/mol. The van der Waals surface area contributed by atoms with Gasteiger partial charge in [-0.25, -0.2) is 0 Å². The molecule has 1 saturated heterocycles. The molecule has 0 aromatic rings. The van der Waals surface area contributed by atoms with Crippen molar-refractivity contribution in [2.75, 3.05) is 26.3 Å². The Bertz CT molecular complexity index is 897. The van der Waals surface area contributed by atoms with Crippen LogP contribution in [-0.4, -0.2) is 53.9 Å². The maximum atomic E-state index is 12.2. The van der Waals surface area contributed by atoms with Crippen molar-refractivity contribution in [1.82, 2.24) is 4.90 Å². The van der Waals surface area contributed by atoms with E-state index in [-0.39, 0.29) is 18.1 Å². The van der Waals surface area contributed by atoms with Crippen molar-refractivity contribution in [3.8, 4) is 0 Å². The van der Waals surface area contributed by atoms with Gasteiger partial charge in [-0.3, -0.25) is 9.69 Å². The minimum absolute atomic E-state index is 0.00363. The monoisotopic (exact) mass is 774 g/mol. The number of aliphatic hydroxyl groups excluding tert-OH is 1. The van der Waals surface area contributed by atoms with E-state index in [2.05, 4.69) is 25.7 Å². The number of hydrogen-bond acceptors (Lipinski definition) is 5. The first-order valence-corrected chi connectivity index (χ1v) is 25.0. The van der Waals surface area contributed by atoms with Crippen LogP contribution in [0.5, 0.6) is 0 Å². The number of carbonyl (C=O) groups excluding carboxylic acids is 1. The fourth-order valence-electron chi connectivity index (χ4n) is 9.36. The molecule has 0 amide bonds. The summed E-state index contributed by atoms with van der Waals surface area (Å²) in [4.78, 5) is 14.9. The van der Waals surface area contributed by atoms with Crippen molar-refractivity contribution in [3.63, 3.8) is 0 Å². The molecule has 5 heteroatoms. The van der Waals surface area contributed by atoms with Crippen molar-refractivity contribution < 1.29 is 19.4 Å². The fraction of sp³-hybridized carbons (Fsp3) is 0.940. The molecule has 324 valence electrons. The summed E-state index contributed by atoms with van der Waals surface area (Å²) in [6.07, 6.45) is 48.3. The summed E-state index contributed by atoms with van der Waals surface area (Å²) in [5.41, 5.74) is 1.90. The molecule has 55 heavy (non-hydrogen) atoms. The number of carbonyl (C=O) groups is 1. The van der Waals surface area contributed by atoms with E-state index in [4.69, 9.17) is 9.47 Å². The zero-order valence-electron chi connectivity index (χ0n) is 37.4. The lowest BCUT2D eigenvalue weighted by Gasteiger charge is -2.39. The highest BCUT2D eigenvalue weighted by Gasteiger charge is 2.39. The number of rotatable bonds is 40. The molecular formula is C50H95NO4. The highest BCUT2D eigenvalue weighted by atomic mass is 16.5. The van der Waals surface area contributed by atoms with Gasteiger partial charge in [-0.1, -0.05) is 162 Å². The molecule has 0 aromatic carbocycles. The first-order valence-electron chi connectivity index (χ1n) is 25.0. The normalized spacial score (nSPS) is 17.3. The van der Waals surface area contributed by atoms with Crippen LogP contribution in [-0.2, 0) is 14.3 Å². The van der Waals surface area contributed by atoms with Gasteiger partial charge in [0.25, 0.3) is 0 Å². The van der Waals surface area contributed by atoms with E-state index in [1.807, 2.05) is 0 Å². The van der Waals surface area contributed by atoms with Crippen molar-refractivity contribution in [2.45, 2.75) is 276 Å². The first-order chi connectivity index (χ1) is 27.1. The third-order valence-electron chi connectivity index (χ3n) is 13.1. The Morgan fingerprint density at radius 2 is 1.11 bits per heavy atom. The number of nitrogens with zero attached hydrogens (tertiary/aromatic N) is 1. The van der Waals surface area contributed by atoms with Gasteiger partial charge in [0.05, 0.1) is 25.1 Å². The third kappa shape index (κ3) is 24.5. The van der Waals surface area contributed by atoms with E-state index in [0.29, 0.717) is 19.1 Å². The van der Waals surface area contributed by atoms with Crippen LogP contribution in [0.2, 0.25) is 0 Å². The van der Waals surface area contributed by atoms with Crippen molar-refractivity contribution in [3.05, 3.63) is 11.3 Å². The summed E-state index contributed by atoms with van der Waals surface area (Å²) in [6.45, 7) is 9.69. The molecule has 1 unspecified atom stereocenters. The number of likely N-dealkylation sites (tertiary alicyclic amines) is 1. The summed E-state index contributed by atoms with van der Waals surface area (Å²) < 4.78 is 12.5. The maximum absolute atomic E-state index is 12.2. The topological polar surface area (TPSA) is 59.0 Å². The largest absolute Gasteiger partial charge is 0.495 e. The third-order valence-corrected chi connectivity index (χ3v) is 13.1. The molecule has 0 bridgehead atoms. The van der Waals surface area contributed by atoms with Gasteiger partial charge in [0.15, 0.2) is 0 Å². The second kappa shape index (κ2) is 34.9. The van der Waals surface area contributed by atoms with E-state index < -0.39 is 0 Å². The predicted molar refractivity (Wildman–Crippen MR) is 237 cm³/mol. The molecule has 1 N–H and O–H groups in total. The zero-order valence-corrected chi connectivity index (χ0v) is 37.4. The van der Waals surface area contributed by atoms with Crippen LogP contribution in [0.1, 0.15) is 265 Å². The number of unbranched alkanes of at least 4 members (excludes halogenated alkanes) is 22. The van der Waals surface area contributed by atoms with E-state index in [0.717, 1.165) is 38.8 Å². The Kier molecular flexibility index (Phi) is 31.8. The van der Waals surface area contributed by atoms with Crippen molar-refractivity contribution in [2.24, 2.45) is 0 Å². The number of β-amino-alcohol motifs (C(OH)–C–C–N with tert-alkyl or cyclic N) is 1. The van der Waals surface area contributed by atoms with Gasteiger partial charge in [-0.05, 0) is 102 Å². The van der Waals surface area contributed by atoms with Crippen LogP contribution in [0.25, 0.3) is 0 Å². The molecule has 1 atom stereocenters. The highest BCUT2D eigenvalue weighted by molar-refractivity contribution is 5.69. The Labute approximate surface area is 343 Å². The van der Waals surface area contributed by atoms with Gasteiger partial charge in [0.2, 0.25) is 0 Å². The number of esters is 1. The Morgan fingerprint density at radius 3 is 1.64 bits per heavy atom. The quantitative estimate of drug-likeness (QED) is 0.0382. The van der Waals surface area contributed by atoms with Gasteiger partial charge in [0, 0.05) is 24.9 Å². The highest BCUT2D eigenvalue weighted by Crippen LogP contribution is 2.39. The molecule has 5 nitrogen and oxygen atoms in total. The van der Waals surface area contributed by atoms with Crippen LogP contribution in [0, 0.1) is 0 Å². The molecule has 2 fully saturated rings. The maximum Gasteiger partial charge on any atom is 0.305 e. The molecule has 0 aromatic heterocycles. The fourth-order valence-corrected chi connectivity index (χ4v) is 9.36. The molecule has 0 radical (unpaired) electrons. The first kappa shape index (κ1) is 50.1. The lowest BCUT2D eigenvalue weighted by molar-refractivity contribution is -0.143. The van der Waals surface area contributed by atoms with E-state index in [1.54, 1.807) is 5.57 Å². The van der Waals surface area contributed by atoms with E-state index in [9.17, 15) is 9.90 Å². The van der Waals surface area contributed by atoms with Crippen LogP contribution in [0.15, 0.2) is 11.3 Å². The summed E-state index contributed by atoms with van der Waals surface area (Å²) >= 11 is 0. The van der Waals surface area contributed by atoms with Crippen molar-refractivity contribution in [1.29, 1.82) is 0 Å². The van der Waals surface area contributed by atoms with Crippen LogP contribution in [0.4, 0.5) is 0 Å². The molecule has 1 heterocycles. The molecule has 1 aliphatic carbocycles. The molecular weight excluding hydrogens is 679 g/mol. The molecule has 0 spiro atoms. The van der Waals surface area contributed by atoms with E-state index in [1.165, 1.54) is 218 Å². The number of hydrogen-bond donors (Lipinski definition) is 1. The molecule has 2 rings (SSSR count). The Morgan fingerprint density at radius 1 is 0.618 bits per heavy atom. The minimum atomic E-state index is -0.00363. The van der Waals surface area contributed by atoms with Gasteiger partial charge in [-0.2, -0.15) is 0 Å². The second-order valence-corrected chi connectivity index (χ2v) is 17.9. The lowest BCUT2D eigenvalue weighted by Crippen LogP contribution is -2.45. The van der Waals surface area contributed by atoms with Gasteiger partial charge < -0.3 is 14.6 Å². The molecule has 1 saturated carbocycles. The van der Waals surface area contributed by atoms with Gasteiger partial charge in [-0.15, -0.1) is 0 Å². The van der Waals surface area contributed by atoms with Crippen molar-refractivity contribution >= 4 is 5.97 Å². The average Bonchev–Trinajstić information content (AvgIpc) is 3.55. The smallest absolute Gasteiger partial charge is 0.305 e. The number of aliphatic hydroxyl groups is 1. The zero-order chi connectivity index (χ0) is 39.5. The van der Waals surface area contributed by atoms with Crippen LogP contribution < -0.4 is 0 Å². The minimum Gasteiger partial charge on any atom is -0.495 e. The number of ether oxygens (including phenoxy) is 2. The van der Waals surface area contributed by atoms with E-state index >= 15 is 0 Å². The summed E-state index contributed by atoms with van der Waals surface area (Å²) in [7, 11) is 0. The standard InChI is InChI=1S/C50H95NO4/c1-4-7-10-13-16-23-30-45-54-49(53)38-27-20-22-29-40-50(41-32-42-51(50)43-44-52)39-28-21-19-26-37-48(46-33-31-34-46)55-47(35-24-17-14-11-8-5-2)36-25-18-15-12-9-6-3/h47,52H,4-45H2,1-3H3. The molecule has 2 aliphatic rings. The SMILES string of the molecule is CCCCCCCCCOC(=O)CCCCCCC1(CCCCCCC(OC(CCCCCCCC)CCCCCCCC)=C2CCC2)CCCN1CCO. The summed E-state index contributed by atoms with van der Waals surface area (Å²) in [6, 6.07) is 0. The summed E-state index contributed by atoms with van der Waals surface area (Å²) in [5, 5.41) is 9.89. The molecule has 1 aliphatic heterocycles. The van der Waals surface area contributed by atoms with Gasteiger partial charge in [0.1, 0.15) is 0 Å². The van der Waals surface area contributed by atoms with Crippen LogP contribution >= 0.6 is 0 Å². The van der Waals surface area contributed by atoms with Crippen LogP contribution in [0.3, 0.4) is 0 Å². The summed E-state index contributed by atoms with van der Waals surface area (Å²) in [5.74, 6) is 1.40. The Hall–Kier alpha value is -1.07. The Balaban J connectivity index is 1.72. The number of allylic oxidation sites excluding steroid dienone is 2. The lowest BCUT2D eigenvalue weighted by atomic mass is 9.83. The predicted octanol–water partition coefficient (Wildman–Crippen LogP) is 15.1. The second-order valence-electron chi connectivity index (χ2n) is 17.9. The van der Waals surface area contributed by atoms with Gasteiger partial charge >= 0.3 is 5.97 Å².